The summed E-state index contributed by atoms with van der Waals surface area (Å²) in [6.45, 7) is 5.01. The number of ether oxygens (including phenoxy) is 1. The first-order chi connectivity index (χ1) is 8.68. The number of hydrogen-bond donors (Lipinski definition) is 1. The van der Waals surface area contributed by atoms with Gasteiger partial charge in [-0.2, -0.15) is 0 Å². The van der Waals surface area contributed by atoms with Crippen LogP contribution in [0.1, 0.15) is 50.7 Å². The summed E-state index contributed by atoms with van der Waals surface area (Å²) < 4.78 is 5.75. The Bertz CT molecular complexity index is 361. The Kier molecular flexibility index (Phi) is 4.41. The van der Waals surface area contributed by atoms with Crippen molar-refractivity contribution in [2.75, 3.05) is 6.61 Å². The van der Waals surface area contributed by atoms with E-state index >= 15 is 0 Å². The minimum atomic E-state index is -1.06. The van der Waals surface area contributed by atoms with Gasteiger partial charge in [-0.1, -0.05) is 44.5 Å². The molecule has 0 aromatic heterocycles. The number of aliphatic hydroxyl groups is 1. The molecule has 1 saturated heterocycles. The molecule has 2 rings (SSSR count). The van der Waals surface area contributed by atoms with Crippen molar-refractivity contribution in [3.63, 3.8) is 0 Å². The minimum Gasteiger partial charge on any atom is -0.362 e. The van der Waals surface area contributed by atoms with Crippen LogP contribution >= 0.6 is 0 Å². The standard InChI is InChI=1S/C16H24O2/c1-3-5-14-10-11-16(17,18-12-14)15-8-6-13(4-2)7-9-15/h6-9,14,17H,3-5,10-12H2,1-2H3. The van der Waals surface area contributed by atoms with E-state index in [-0.39, 0.29) is 0 Å². The first-order valence-electron chi connectivity index (χ1n) is 7.13. The van der Waals surface area contributed by atoms with E-state index in [0.717, 1.165) is 18.4 Å². The highest BCUT2D eigenvalue weighted by Gasteiger charge is 2.35. The molecule has 0 saturated carbocycles. The second kappa shape index (κ2) is 5.85. The van der Waals surface area contributed by atoms with Crippen LogP contribution in [0.25, 0.3) is 0 Å². The average Bonchev–Trinajstić information content (AvgIpc) is 2.42. The molecule has 1 aromatic carbocycles. The van der Waals surface area contributed by atoms with Gasteiger partial charge in [0, 0.05) is 12.0 Å². The molecule has 2 heteroatoms. The third-order valence-electron chi connectivity index (χ3n) is 3.96. The van der Waals surface area contributed by atoms with Crippen molar-refractivity contribution in [2.45, 2.75) is 51.7 Å². The van der Waals surface area contributed by atoms with E-state index in [0.29, 0.717) is 18.9 Å². The van der Waals surface area contributed by atoms with Gasteiger partial charge in [-0.3, -0.25) is 0 Å². The zero-order valence-electron chi connectivity index (χ0n) is 11.5. The van der Waals surface area contributed by atoms with Crippen molar-refractivity contribution in [3.05, 3.63) is 35.4 Å². The molecule has 1 fully saturated rings. The van der Waals surface area contributed by atoms with E-state index in [1.807, 2.05) is 12.1 Å². The molecule has 1 N–H and O–H groups in total. The van der Waals surface area contributed by atoms with E-state index in [1.165, 1.54) is 18.4 Å². The summed E-state index contributed by atoms with van der Waals surface area (Å²) in [6.07, 6.45) is 5.18. The fourth-order valence-electron chi connectivity index (χ4n) is 2.68. The molecule has 0 bridgehead atoms. The second-order valence-electron chi connectivity index (χ2n) is 5.34. The third-order valence-corrected chi connectivity index (χ3v) is 3.96. The van der Waals surface area contributed by atoms with Crippen LogP contribution in [0.15, 0.2) is 24.3 Å². The van der Waals surface area contributed by atoms with Crippen LogP contribution in [0.2, 0.25) is 0 Å². The molecule has 0 aliphatic carbocycles. The first kappa shape index (κ1) is 13.6. The van der Waals surface area contributed by atoms with E-state index in [1.54, 1.807) is 0 Å². The topological polar surface area (TPSA) is 29.5 Å². The maximum Gasteiger partial charge on any atom is 0.192 e. The summed E-state index contributed by atoms with van der Waals surface area (Å²) in [5.41, 5.74) is 2.19. The lowest BCUT2D eigenvalue weighted by molar-refractivity contribution is -0.245. The molecule has 0 radical (unpaired) electrons. The van der Waals surface area contributed by atoms with Crippen LogP contribution < -0.4 is 0 Å². The number of rotatable bonds is 4. The zero-order chi connectivity index (χ0) is 13.0. The molecule has 0 spiro atoms. The Labute approximate surface area is 110 Å². The zero-order valence-corrected chi connectivity index (χ0v) is 11.5. The Balaban J connectivity index is 2.03. The lowest BCUT2D eigenvalue weighted by Crippen LogP contribution is -2.36. The highest BCUT2D eigenvalue weighted by atomic mass is 16.6. The third kappa shape index (κ3) is 2.93. The second-order valence-corrected chi connectivity index (χ2v) is 5.34. The maximum atomic E-state index is 10.6. The van der Waals surface area contributed by atoms with Gasteiger partial charge in [-0.15, -0.1) is 0 Å². The summed E-state index contributed by atoms with van der Waals surface area (Å²) in [5, 5.41) is 10.6. The molecule has 18 heavy (non-hydrogen) atoms. The van der Waals surface area contributed by atoms with Crippen LogP contribution in [0.5, 0.6) is 0 Å². The summed E-state index contributed by atoms with van der Waals surface area (Å²) in [5.74, 6) is -0.443. The van der Waals surface area contributed by atoms with E-state index in [9.17, 15) is 5.11 Å². The lowest BCUT2D eigenvalue weighted by Gasteiger charge is -2.36. The van der Waals surface area contributed by atoms with Crippen molar-refractivity contribution < 1.29 is 9.84 Å². The molecule has 2 nitrogen and oxygen atoms in total. The van der Waals surface area contributed by atoms with Gasteiger partial charge in [-0.25, -0.2) is 0 Å². The number of aryl methyl sites for hydroxylation is 1. The van der Waals surface area contributed by atoms with Crippen LogP contribution in [0.4, 0.5) is 0 Å². The molecular weight excluding hydrogens is 224 g/mol. The fraction of sp³-hybridized carbons (Fsp3) is 0.625. The molecule has 2 atom stereocenters. The van der Waals surface area contributed by atoms with Gasteiger partial charge >= 0.3 is 0 Å². The quantitative estimate of drug-likeness (QED) is 0.882. The van der Waals surface area contributed by atoms with Crippen molar-refractivity contribution >= 4 is 0 Å². The minimum absolute atomic E-state index is 0.616. The highest BCUT2D eigenvalue weighted by Crippen LogP contribution is 2.36. The Hall–Kier alpha value is -0.860. The van der Waals surface area contributed by atoms with E-state index in [2.05, 4.69) is 26.0 Å². The first-order valence-corrected chi connectivity index (χ1v) is 7.13. The van der Waals surface area contributed by atoms with Crippen molar-refractivity contribution in [2.24, 2.45) is 5.92 Å². The van der Waals surface area contributed by atoms with Gasteiger partial charge in [0.15, 0.2) is 5.79 Å². The molecule has 1 aliphatic rings. The van der Waals surface area contributed by atoms with Gasteiger partial charge in [-0.05, 0) is 30.7 Å². The average molecular weight is 248 g/mol. The van der Waals surface area contributed by atoms with Gasteiger partial charge in [0.2, 0.25) is 0 Å². The predicted octanol–water partition coefficient (Wildman–Crippen LogP) is 3.62. The van der Waals surface area contributed by atoms with Gasteiger partial charge in [0.1, 0.15) is 0 Å². The molecule has 0 amide bonds. The lowest BCUT2D eigenvalue weighted by atomic mass is 9.89. The monoisotopic (exact) mass is 248 g/mol. The highest BCUT2D eigenvalue weighted by molar-refractivity contribution is 5.26. The molecule has 1 aromatic rings. The normalized spacial score (nSPS) is 28.3. The molecule has 100 valence electrons. The number of benzene rings is 1. The van der Waals surface area contributed by atoms with E-state index < -0.39 is 5.79 Å². The Morgan fingerprint density at radius 1 is 1.28 bits per heavy atom. The van der Waals surface area contributed by atoms with Crippen molar-refractivity contribution in [3.8, 4) is 0 Å². The van der Waals surface area contributed by atoms with Gasteiger partial charge in [0.25, 0.3) is 0 Å². The van der Waals surface area contributed by atoms with E-state index in [4.69, 9.17) is 4.74 Å². The number of hydrogen-bond acceptors (Lipinski definition) is 2. The Morgan fingerprint density at radius 3 is 2.50 bits per heavy atom. The molecule has 1 aliphatic heterocycles. The summed E-state index contributed by atoms with van der Waals surface area (Å²) >= 11 is 0. The fourth-order valence-corrected chi connectivity index (χ4v) is 2.68. The molecule has 1 heterocycles. The summed E-state index contributed by atoms with van der Waals surface area (Å²) in [6, 6.07) is 8.15. The predicted molar refractivity (Wildman–Crippen MR) is 73.3 cm³/mol. The molecule has 2 unspecified atom stereocenters. The van der Waals surface area contributed by atoms with Gasteiger partial charge in [0.05, 0.1) is 6.61 Å². The van der Waals surface area contributed by atoms with Crippen molar-refractivity contribution in [1.82, 2.24) is 0 Å². The SMILES string of the molecule is CCCC1CCC(O)(c2ccc(CC)cc2)OC1. The van der Waals surface area contributed by atoms with Gasteiger partial charge < -0.3 is 9.84 Å². The summed E-state index contributed by atoms with van der Waals surface area (Å²) in [4.78, 5) is 0. The largest absolute Gasteiger partial charge is 0.362 e. The maximum absolute atomic E-state index is 10.6. The Morgan fingerprint density at radius 2 is 2.00 bits per heavy atom. The van der Waals surface area contributed by atoms with Crippen molar-refractivity contribution in [1.29, 1.82) is 0 Å². The molecular formula is C16H24O2. The van der Waals surface area contributed by atoms with Crippen LogP contribution in [-0.4, -0.2) is 11.7 Å². The summed E-state index contributed by atoms with van der Waals surface area (Å²) in [7, 11) is 0. The van der Waals surface area contributed by atoms with Crippen LogP contribution in [0.3, 0.4) is 0 Å². The smallest absolute Gasteiger partial charge is 0.192 e. The van der Waals surface area contributed by atoms with Crippen LogP contribution in [-0.2, 0) is 16.9 Å². The van der Waals surface area contributed by atoms with Crippen LogP contribution in [0, 0.1) is 5.92 Å².